The van der Waals surface area contributed by atoms with Gasteiger partial charge >= 0.3 is 0 Å². The summed E-state index contributed by atoms with van der Waals surface area (Å²) in [6.45, 7) is 0. The Morgan fingerprint density at radius 3 is 2.53 bits per heavy atom. The van der Waals surface area contributed by atoms with Crippen LogP contribution in [0.2, 0.25) is 15.2 Å². The Bertz CT molecular complexity index is 720. The van der Waals surface area contributed by atoms with Crippen molar-refractivity contribution in [2.75, 3.05) is 4.72 Å². The van der Waals surface area contributed by atoms with Crippen LogP contribution in [0.5, 0.6) is 0 Å². The number of hydrogen-bond acceptors (Lipinski definition) is 3. The van der Waals surface area contributed by atoms with Crippen LogP contribution >= 0.6 is 34.8 Å². The van der Waals surface area contributed by atoms with Crippen molar-refractivity contribution in [2.24, 2.45) is 0 Å². The van der Waals surface area contributed by atoms with E-state index in [1.54, 1.807) is 12.1 Å². The molecule has 1 heterocycles. The summed E-state index contributed by atoms with van der Waals surface area (Å²) < 4.78 is 26.6. The Morgan fingerprint density at radius 1 is 1.11 bits per heavy atom. The van der Waals surface area contributed by atoms with Crippen LogP contribution in [0.4, 0.5) is 5.69 Å². The van der Waals surface area contributed by atoms with Gasteiger partial charge in [0.05, 0.1) is 20.6 Å². The molecule has 0 saturated heterocycles. The third-order valence-corrected chi connectivity index (χ3v) is 4.59. The average Bonchev–Trinajstić information content (AvgIpc) is 2.35. The Labute approximate surface area is 125 Å². The zero-order valence-electron chi connectivity index (χ0n) is 9.27. The van der Waals surface area contributed by atoms with Gasteiger partial charge in [0.15, 0.2) is 0 Å². The van der Waals surface area contributed by atoms with Gasteiger partial charge in [-0.05, 0) is 24.3 Å². The highest BCUT2D eigenvalue weighted by Crippen LogP contribution is 2.31. The van der Waals surface area contributed by atoms with E-state index in [9.17, 15) is 8.42 Å². The second kappa shape index (κ2) is 5.54. The number of anilines is 1. The first-order chi connectivity index (χ1) is 8.90. The van der Waals surface area contributed by atoms with Gasteiger partial charge in [0.1, 0.15) is 5.15 Å². The summed E-state index contributed by atoms with van der Waals surface area (Å²) in [7, 11) is -3.79. The minimum atomic E-state index is -3.79. The van der Waals surface area contributed by atoms with Crippen LogP contribution in [0, 0.1) is 0 Å². The molecular formula is C11H7Cl3N2O2S. The van der Waals surface area contributed by atoms with Crippen molar-refractivity contribution in [1.82, 2.24) is 4.98 Å². The van der Waals surface area contributed by atoms with Gasteiger partial charge in [0.25, 0.3) is 10.0 Å². The minimum absolute atomic E-state index is 0.0106. The molecule has 0 fully saturated rings. The molecule has 0 aliphatic heterocycles. The van der Waals surface area contributed by atoms with E-state index in [0.29, 0.717) is 0 Å². The van der Waals surface area contributed by atoms with Gasteiger partial charge in [0.2, 0.25) is 0 Å². The number of nitrogens with zero attached hydrogens (tertiary/aromatic N) is 1. The third kappa shape index (κ3) is 3.30. The molecule has 0 atom stereocenters. The first-order valence-corrected chi connectivity index (χ1v) is 7.60. The summed E-state index contributed by atoms with van der Waals surface area (Å²) in [5, 5.41) is 0.475. The highest BCUT2D eigenvalue weighted by atomic mass is 35.5. The predicted octanol–water partition coefficient (Wildman–Crippen LogP) is 3.84. The topological polar surface area (TPSA) is 59.1 Å². The maximum Gasteiger partial charge on any atom is 0.262 e. The van der Waals surface area contributed by atoms with E-state index in [1.165, 1.54) is 24.4 Å². The SMILES string of the molecule is O=S(=O)(Nc1cccc(Cl)c1Cl)c1ccnc(Cl)c1. The standard InChI is InChI=1S/C11H7Cl3N2O2S/c12-8-2-1-3-9(11(8)14)16-19(17,18)7-4-5-15-10(13)6-7/h1-6,16H. The van der Waals surface area contributed by atoms with Crippen molar-refractivity contribution in [3.8, 4) is 0 Å². The molecule has 0 amide bonds. The molecule has 0 bridgehead atoms. The number of sulfonamides is 1. The molecule has 0 unspecified atom stereocenters. The highest BCUT2D eigenvalue weighted by molar-refractivity contribution is 7.92. The number of pyridine rings is 1. The zero-order valence-corrected chi connectivity index (χ0v) is 12.4. The third-order valence-electron chi connectivity index (χ3n) is 2.20. The van der Waals surface area contributed by atoms with E-state index in [4.69, 9.17) is 34.8 Å². The van der Waals surface area contributed by atoms with Gasteiger partial charge in [-0.2, -0.15) is 0 Å². The second-order valence-corrected chi connectivity index (χ2v) is 6.38. The molecule has 2 rings (SSSR count). The van der Waals surface area contributed by atoms with Crippen LogP contribution in [0.15, 0.2) is 41.4 Å². The molecular weight excluding hydrogens is 331 g/mol. The number of hydrogen-bond donors (Lipinski definition) is 1. The maximum atomic E-state index is 12.1. The summed E-state index contributed by atoms with van der Waals surface area (Å²) in [4.78, 5) is 3.71. The lowest BCUT2D eigenvalue weighted by atomic mass is 10.3. The number of halogens is 3. The van der Waals surface area contributed by atoms with E-state index < -0.39 is 10.0 Å². The molecule has 4 nitrogen and oxygen atoms in total. The highest BCUT2D eigenvalue weighted by Gasteiger charge is 2.17. The predicted molar refractivity (Wildman–Crippen MR) is 76.5 cm³/mol. The van der Waals surface area contributed by atoms with E-state index in [0.717, 1.165) is 0 Å². The van der Waals surface area contributed by atoms with Crippen LogP contribution in [0.1, 0.15) is 0 Å². The van der Waals surface area contributed by atoms with Crippen molar-refractivity contribution in [3.63, 3.8) is 0 Å². The van der Waals surface area contributed by atoms with Gasteiger partial charge in [0, 0.05) is 6.20 Å². The molecule has 100 valence electrons. The fourth-order valence-electron chi connectivity index (χ4n) is 1.34. The molecule has 19 heavy (non-hydrogen) atoms. The van der Waals surface area contributed by atoms with Gasteiger partial charge in [-0.25, -0.2) is 13.4 Å². The summed E-state index contributed by atoms with van der Waals surface area (Å²) in [6.07, 6.45) is 1.30. The smallest absolute Gasteiger partial charge is 0.262 e. The number of benzene rings is 1. The van der Waals surface area contributed by atoms with Crippen LogP contribution < -0.4 is 4.72 Å². The van der Waals surface area contributed by atoms with Crippen molar-refractivity contribution in [3.05, 3.63) is 51.7 Å². The van der Waals surface area contributed by atoms with Gasteiger partial charge in [-0.1, -0.05) is 40.9 Å². The molecule has 0 aliphatic rings. The summed E-state index contributed by atoms with van der Waals surface area (Å²) in [5.74, 6) is 0. The van der Waals surface area contributed by atoms with Crippen LogP contribution in [0.25, 0.3) is 0 Å². The van der Waals surface area contributed by atoms with Crippen LogP contribution in [-0.2, 0) is 10.0 Å². The Kier molecular flexibility index (Phi) is 4.20. The van der Waals surface area contributed by atoms with Gasteiger partial charge < -0.3 is 0 Å². The molecule has 0 spiro atoms. The van der Waals surface area contributed by atoms with Crippen molar-refractivity contribution < 1.29 is 8.42 Å². The zero-order chi connectivity index (χ0) is 14.0. The van der Waals surface area contributed by atoms with Crippen molar-refractivity contribution in [2.45, 2.75) is 4.90 Å². The van der Waals surface area contributed by atoms with Gasteiger partial charge in [-0.15, -0.1) is 0 Å². The lowest BCUT2D eigenvalue weighted by molar-refractivity contribution is 0.601. The maximum absolute atomic E-state index is 12.1. The van der Waals surface area contributed by atoms with E-state index in [1.807, 2.05) is 0 Å². The largest absolute Gasteiger partial charge is 0.278 e. The Hall–Kier alpha value is -1.01. The lowest BCUT2D eigenvalue weighted by Crippen LogP contribution is -2.13. The van der Waals surface area contributed by atoms with Crippen molar-refractivity contribution in [1.29, 1.82) is 0 Å². The fourth-order valence-corrected chi connectivity index (χ4v) is 3.06. The normalized spacial score (nSPS) is 11.3. The molecule has 1 aromatic heterocycles. The number of aromatic nitrogens is 1. The summed E-state index contributed by atoms with van der Waals surface area (Å²) >= 11 is 17.4. The first kappa shape index (κ1) is 14.4. The van der Waals surface area contributed by atoms with Crippen LogP contribution in [-0.4, -0.2) is 13.4 Å². The Balaban J connectivity index is 2.39. The molecule has 1 N–H and O–H groups in total. The second-order valence-electron chi connectivity index (χ2n) is 3.52. The van der Waals surface area contributed by atoms with Crippen LogP contribution in [0.3, 0.4) is 0 Å². The molecule has 2 aromatic rings. The Morgan fingerprint density at radius 2 is 1.84 bits per heavy atom. The fraction of sp³-hybridized carbons (Fsp3) is 0. The number of rotatable bonds is 3. The number of nitrogens with one attached hydrogen (secondary N) is 1. The minimum Gasteiger partial charge on any atom is -0.278 e. The quantitative estimate of drug-likeness (QED) is 0.866. The molecule has 0 radical (unpaired) electrons. The van der Waals surface area contributed by atoms with Gasteiger partial charge in [-0.3, -0.25) is 4.72 Å². The molecule has 0 aliphatic carbocycles. The summed E-state index contributed by atoms with van der Waals surface area (Å²) in [5.41, 5.74) is 0.196. The van der Waals surface area contributed by atoms with E-state index in [2.05, 4.69) is 9.71 Å². The van der Waals surface area contributed by atoms with E-state index >= 15 is 0 Å². The molecule has 8 heteroatoms. The van der Waals surface area contributed by atoms with Crippen molar-refractivity contribution >= 4 is 50.5 Å². The molecule has 1 aromatic carbocycles. The first-order valence-electron chi connectivity index (χ1n) is 4.98. The monoisotopic (exact) mass is 336 g/mol. The lowest BCUT2D eigenvalue weighted by Gasteiger charge is -2.10. The molecule has 0 saturated carbocycles. The summed E-state index contributed by atoms with van der Waals surface area (Å²) in [6, 6.07) is 7.22. The van der Waals surface area contributed by atoms with E-state index in [-0.39, 0.29) is 25.8 Å². The average molecular weight is 338 g/mol.